The van der Waals surface area contributed by atoms with E-state index in [9.17, 15) is 5.11 Å². The van der Waals surface area contributed by atoms with E-state index in [2.05, 4.69) is 10.1 Å². The van der Waals surface area contributed by atoms with Crippen LogP contribution in [0.15, 0.2) is 61.2 Å². The van der Waals surface area contributed by atoms with E-state index in [0.717, 1.165) is 11.3 Å². The van der Waals surface area contributed by atoms with Gasteiger partial charge in [0.25, 0.3) is 0 Å². The molecule has 1 heterocycles. The number of benzene rings is 2. The lowest BCUT2D eigenvalue weighted by molar-refractivity contribution is 0.108. The molecule has 0 spiro atoms. The summed E-state index contributed by atoms with van der Waals surface area (Å²) in [6.45, 7) is 0.156. The highest BCUT2D eigenvalue weighted by Crippen LogP contribution is 2.20. The second-order valence-electron chi connectivity index (χ2n) is 4.72. The number of aliphatic hydroxyl groups excluding tert-OH is 1. The lowest BCUT2D eigenvalue weighted by Gasteiger charge is -2.13. The van der Waals surface area contributed by atoms with Gasteiger partial charge in [0.1, 0.15) is 31.1 Å². The number of nitrogens with zero attached hydrogens (tertiary/aromatic N) is 3. The summed E-state index contributed by atoms with van der Waals surface area (Å²) in [6.07, 6.45) is 2.37. The van der Waals surface area contributed by atoms with Gasteiger partial charge in [-0.3, -0.25) is 0 Å². The molecule has 0 aliphatic carbocycles. The molecule has 1 N–H and O–H groups in total. The fourth-order valence-corrected chi connectivity index (χ4v) is 2.22. The predicted molar refractivity (Wildman–Crippen MR) is 83.3 cm³/mol. The standard InChI is InChI=1S/C16H14ClN3O2/c17-13-3-1-2-12(8-13)16(21)9-22-15-6-4-14(5-7-15)20-11-18-10-19-20/h1-8,10-11,16,21H,9H2. The molecule has 2 aromatic carbocycles. The fourth-order valence-electron chi connectivity index (χ4n) is 2.02. The van der Waals surface area contributed by atoms with Crippen LogP contribution in [0.4, 0.5) is 0 Å². The molecule has 0 saturated carbocycles. The third kappa shape index (κ3) is 3.44. The lowest BCUT2D eigenvalue weighted by Crippen LogP contribution is -2.09. The summed E-state index contributed by atoms with van der Waals surface area (Å²) in [5.41, 5.74) is 1.62. The van der Waals surface area contributed by atoms with Crippen LogP contribution in [0, 0.1) is 0 Å². The SMILES string of the molecule is OC(COc1ccc(-n2cncn2)cc1)c1cccc(Cl)c1. The van der Waals surface area contributed by atoms with Crippen molar-refractivity contribution in [1.29, 1.82) is 0 Å². The van der Waals surface area contributed by atoms with Gasteiger partial charge in [-0.1, -0.05) is 23.7 Å². The molecule has 0 aliphatic rings. The highest BCUT2D eigenvalue weighted by atomic mass is 35.5. The molecule has 22 heavy (non-hydrogen) atoms. The quantitative estimate of drug-likeness (QED) is 0.786. The van der Waals surface area contributed by atoms with Crippen molar-refractivity contribution in [1.82, 2.24) is 14.8 Å². The summed E-state index contributed by atoms with van der Waals surface area (Å²) >= 11 is 5.91. The summed E-state index contributed by atoms with van der Waals surface area (Å²) in [5, 5.41) is 14.7. The highest BCUT2D eigenvalue weighted by molar-refractivity contribution is 6.30. The van der Waals surface area contributed by atoms with Gasteiger partial charge in [0, 0.05) is 5.02 Å². The average Bonchev–Trinajstić information content (AvgIpc) is 3.07. The van der Waals surface area contributed by atoms with Gasteiger partial charge in [-0.15, -0.1) is 0 Å². The normalized spacial score (nSPS) is 12.1. The van der Waals surface area contributed by atoms with Gasteiger partial charge in [-0.05, 0) is 42.0 Å². The molecular formula is C16H14ClN3O2. The van der Waals surface area contributed by atoms with Crippen LogP contribution in [-0.2, 0) is 0 Å². The second-order valence-corrected chi connectivity index (χ2v) is 5.15. The van der Waals surface area contributed by atoms with E-state index < -0.39 is 6.10 Å². The van der Waals surface area contributed by atoms with Crippen molar-refractivity contribution in [2.24, 2.45) is 0 Å². The van der Waals surface area contributed by atoms with E-state index in [4.69, 9.17) is 16.3 Å². The molecule has 0 amide bonds. The summed E-state index contributed by atoms with van der Waals surface area (Å²) in [7, 11) is 0. The molecule has 1 unspecified atom stereocenters. The molecular weight excluding hydrogens is 302 g/mol. The third-order valence-corrected chi connectivity index (χ3v) is 3.40. The Balaban J connectivity index is 1.62. The molecule has 3 rings (SSSR count). The predicted octanol–water partition coefficient (Wildman–Crippen LogP) is 3.03. The van der Waals surface area contributed by atoms with Crippen molar-refractivity contribution >= 4 is 11.6 Å². The van der Waals surface area contributed by atoms with Crippen molar-refractivity contribution in [3.05, 3.63) is 71.8 Å². The minimum absolute atomic E-state index is 0.156. The van der Waals surface area contributed by atoms with Crippen LogP contribution >= 0.6 is 11.6 Å². The molecule has 0 radical (unpaired) electrons. The number of hydrogen-bond acceptors (Lipinski definition) is 4. The van der Waals surface area contributed by atoms with E-state index in [-0.39, 0.29) is 6.61 Å². The van der Waals surface area contributed by atoms with Crippen LogP contribution < -0.4 is 4.74 Å². The van der Waals surface area contributed by atoms with Crippen molar-refractivity contribution in [2.45, 2.75) is 6.10 Å². The molecule has 112 valence electrons. The Morgan fingerprint density at radius 2 is 2.00 bits per heavy atom. The Kier molecular flexibility index (Phi) is 4.37. The maximum atomic E-state index is 10.1. The molecule has 3 aromatic rings. The van der Waals surface area contributed by atoms with Gasteiger partial charge in [-0.2, -0.15) is 5.10 Å². The van der Waals surface area contributed by atoms with Crippen LogP contribution in [0.5, 0.6) is 5.75 Å². The minimum Gasteiger partial charge on any atom is -0.491 e. The van der Waals surface area contributed by atoms with E-state index in [1.165, 1.54) is 6.33 Å². The third-order valence-electron chi connectivity index (χ3n) is 3.16. The van der Waals surface area contributed by atoms with Gasteiger partial charge >= 0.3 is 0 Å². The molecule has 0 saturated heterocycles. The average molecular weight is 316 g/mol. The number of rotatable bonds is 5. The van der Waals surface area contributed by atoms with Crippen molar-refractivity contribution in [3.63, 3.8) is 0 Å². The molecule has 0 aliphatic heterocycles. The summed E-state index contributed by atoms with van der Waals surface area (Å²) in [5.74, 6) is 0.671. The zero-order valence-corrected chi connectivity index (χ0v) is 12.4. The molecule has 0 bridgehead atoms. The van der Waals surface area contributed by atoms with Gasteiger partial charge in [0.05, 0.1) is 5.69 Å². The van der Waals surface area contributed by atoms with Crippen LogP contribution in [0.25, 0.3) is 5.69 Å². The molecule has 0 fully saturated rings. The Labute approximate surface area is 132 Å². The first kappa shape index (κ1) is 14.6. The summed E-state index contributed by atoms with van der Waals surface area (Å²) < 4.78 is 7.25. The van der Waals surface area contributed by atoms with Crippen LogP contribution in [-0.4, -0.2) is 26.5 Å². The molecule has 5 nitrogen and oxygen atoms in total. The monoisotopic (exact) mass is 315 g/mol. The zero-order chi connectivity index (χ0) is 15.4. The summed E-state index contributed by atoms with van der Waals surface area (Å²) in [6, 6.07) is 14.5. The largest absolute Gasteiger partial charge is 0.491 e. The Morgan fingerprint density at radius 3 is 2.68 bits per heavy atom. The van der Waals surface area contributed by atoms with E-state index >= 15 is 0 Å². The van der Waals surface area contributed by atoms with Gasteiger partial charge in [-0.25, -0.2) is 9.67 Å². The fraction of sp³-hybridized carbons (Fsp3) is 0.125. The highest BCUT2D eigenvalue weighted by Gasteiger charge is 2.09. The van der Waals surface area contributed by atoms with E-state index in [1.54, 1.807) is 29.2 Å². The van der Waals surface area contributed by atoms with E-state index in [1.807, 2.05) is 30.3 Å². The van der Waals surface area contributed by atoms with Gasteiger partial charge in [0.2, 0.25) is 0 Å². The maximum Gasteiger partial charge on any atom is 0.138 e. The number of ether oxygens (including phenoxy) is 1. The van der Waals surface area contributed by atoms with Gasteiger partial charge < -0.3 is 9.84 Å². The first-order valence-corrected chi connectivity index (χ1v) is 7.11. The maximum absolute atomic E-state index is 10.1. The Bertz CT molecular complexity index is 729. The molecule has 6 heteroatoms. The Morgan fingerprint density at radius 1 is 1.18 bits per heavy atom. The van der Waals surface area contributed by atoms with Crippen molar-refractivity contribution < 1.29 is 9.84 Å². The number of aromatic nitrogens is 3. The number of halogens is 1. The number of aliphatic hydroxyl groups is 1. The lowest BCUT2D eigenvalue weighted by atomic mass is 10.1. The Hall–Kier alpha value is -2.37. The van der Waals surface area contributed by atoms with E-state index in [0.29, 0.717) is 10.8 Å². The molecule has 1 atom stereocenters. The number of hydrogen-bond donors (Lipinski definition) is 1. The second kappa shape index (κ2) is 6.60. The smallest absolute Gasteiger partial charge is 0.138 e. The van der Waals surface area contributed by atoms with Crippen molar-refractivity contribution in [3.8, 4) is 11.4 Å². The first-order chi connectivity index (χ1) is 10.7. The minimum atomic E-state index is -0.728. The summed E-state index contributed by atoms with van der Waals surface area (Å²) in [4.78, 5) is 3.90. The van der Waals surface area contributed by atoms with Gasteiger partial charge in [0.15, 0.2) is 0 Å². The zero-order valence-electron chi connectivity index (χ0n) is 11.6. The first-order valence-electron chi connectivity index (χ1n) is 6.74. The topological polar surface area (TPSA) is 60.2 Å². The van der Waals surface area contributed by atoms with Crippen molar-refractivity contribution in [2.75, 3.05) is 6.61 Å². The molecule has 1 aromatic heterocycles. The van der Waals surface area contributed by atoms with Crippen LogP contribution in [0.2, 0.25) is 5.02 Å². The van der Waals surface area contributed by atoms with Crippen LogP contribution in [0.1, 0.15) is 11.7 Å². The van der Waals surface area contributed by atoms with Crippen LogP contribution in [0.3, 0.4) is 0 Å².